The summed E-state index contributed by atoms with van der Waals surface area (Å²) in [5.41, 5.74) is -2.23. The summed E-state index contributed by atoms with van der Waals surface area (Å²) in [5.74, 6) is -2.12. The number of hydrogen-bond donors (Lipinski definition) is 0. The lowest BCUT2D eigenvalue weighted by atomic mass is 10.1. The summed E-state index contributed by atoms with van der Waals surface area (Å²) in [7, 11) is 1.04. The molecule has 0 bridgehead atoms. The van der Waals surface area contributed by atoms with Gasteiger partial charge in [0.1, 0.15) is 5.69 Å². The lowest BCUT2D eigenvalue weighted by Crippen LogP contribution is -2.09. The minimum atomic E-state index is -4.62. The van der Waals surface area contributed by atoms with Crippen molar-refractivity contribution in [2.24, 2.45) is 0 Å². The number of pyridine rings is 1. The molecule has 24 heavy (non-hydrogen) atoms. The molecule has 3 nitrogen and oxygen atoms in total. The Morgan fingerprint density at radius 1 is 1.17 bits per heavy atom. The summed E-state index contributed by atoms with van der Waals surface area (Å²) >= 11 is 17.3. The zero-order valence-electron chi connectivity index (χ0n) is 11.6. The number of methoxy groups -OCH3 is 1. The number of benzene rings is 1. The molecule has 0 saturated carbocycles. The number of carbonyl (C=O) groups is 1. The van der Waals surface area contributed by atoms with Gasteiger partial charge in [0.15, 0.2) is 11.5 Å². The third-order valence-corrected chi connectivity index (χ3v) is 4.09. The number of aromatic nitrogens is 1. The Kier molecular flexibility index (Phi) is 5.27. The predicted molar refractivity (Wildman–Crippen MR) is 81.0 cm³/mol. The number of esters is 1. The molecule has 0 amide bonds. The summed E-state index contributed by atoms with van der Waals surface area (Å²) < 4.78 is 56.7. The maximum absolute atomic E-state index is 14.3. The van der Waals surface area contributed by atoms with Gasteiger partial charge in [0, 0.05) is 5.56 Å². The second kappa shape index (κ2) is 6.74. The molecule has 0 aliphatic heterocycles. The molecule has 1 heterocycles. The van der Waals surface area contributed by atoms with E-state index in [9.17, 15) is 22.4 Å². The normalized spacial score (nSPS) is 11.5. The summed E-state index contributed by atoms with van der Waals surface area (Å²) in [4.78, 5) is 15.3. The summed E-state index contributed by atoms with van der Waals surface area (Å²) in [5, 5.41) is -1.53. The van der Waals surface area contributed by atoms with E-state index in [1.54, 1.807) is 0 Å². The maximum atomic E-state index is 14.3. The van der Waals surface area contributed by atoms with E-state index in [-0.39, 0.29) is 5.56 Å². The van der Waals surface area contributed by atoms with Gasteiger partial charge in [-0.25, -0.2) is 14.2 Å². The van der Waals surface area contributed by atoms with Crippen LogP contribution in [0.2, 0.25) is 15.1 Å². The molecular weight excluding hydrogens is 397 g/mol. The van der Waals surface area contributed by atoms with Crippen molar-refractivity contribution < 1.29 is 27.1 Å². The average Bonchev–Trinajstić information content (AvgIpc) is 2.52. The summed E-state index contributed by atoms with van der Waals surface area (Å²) in [6.07, 6.45) is -4.62. The molecule has 0 N–H and O–H groups in total. The highest BCUT2D eigenvalue weighted by molar-refractivity contribution is 6.44. The van der Waals surface area contributed by atoms with E-state index in [1.807, 2.05) is 0 Å². The van der Waals surface area contributed by atoms with Crippen LogP contribution in [0, 0.1) is 5.82 Å². The van der Waals surface area contributed by atoms with Gasteiger partial charge >= 0.3 is 12.1 Å². The molecular formula is C14H6Cl3F4NO2. The van der Waals surface area contributed by atoms with E-state index >= 15 is 0 Å². The topological polar surface area (TPSA) is 39.2 Å². The fraction of sp³-hybridized carbons (Fsp3) is 0.143. The van der Waals surface area contributed by atoms with Crippen LogP contribution in [-0.2, 0) is 10.9 Å². The molecule has 0 radical (unpaired) electrons. The Bertz CT molecular complexity index is 825. The van der Waals surface area contributed by atoms with E-state index in [1.165, 1.54) is 0 Å². The maximum Gasteiger partial charge on any atom is 0.416 e. The molecule has 0 aliphatic rings. The lowest BCUT2D eigenvalue weighted by Gasteiger charge is -2.12. The van der Waals surface area contributed by atoms with Crippen LogP contribution in [-0.4, -0.2) is 18.1 Å². The van der Waals surface area contributed by atoms with E-state index < -0.39 is 50.0 Å². The van der Waals surface area contributed by atoms with Crippen molar-refractivity contribution in [2.45, 2.75) is 6.18 Å². The first kappa shape index (κ1) is 18.8. The third-order valence-electron chi connectivity index (χ3n) is 2.96. The molecule has 2 rings (SSSR count). The predicted octanol–water partition coefficient (Wildman–Crippen LogP) is 5.65. The van der Waals surface area contributed by atoms with Crippen molar-refractivity contribution in [3.8, 4) is 11.3 Å². The quantitative estimate of drug-likeness (QED) is 0.481. The van der Waals surface area contributed by atoms with Crippen LogP contribution in [0.1, 0.15) is 16.1 Å². The Morgan fingerprint density at radius 3 is 2.29 bits per heavy atom. The summed E-state index contributed by atoms with van der Waals surface area (Å²) in [6.45, 7) is 0. The smallest absolute Gasteiger partial charge is 0.416 e. The molecule has 0 aliphatic carbocycles. The van der Waals surface area contributed by atoms with Gasteiger partial charge in [0.2, 0.25) is 0 Å². The Labute approximate surface area is 148 Å². The van der Waals surface area contributed by atoms with Crippen LogP contribution < -0.4 is 0 Å². The van der Waals surface area contributed by atoms with E-state index in [2.05, 4.69) is 9.72 Å². The van der Waals surface area contributed by atoms with Crippen LogP contribution in [0.3, 0.4) is 0 Å². The fourth-order valence-corrected chi connectivity index (χ4v) is 2.46. The van der Waals surface area contributed by atoms with Gasteiger partial charge in [-0.2, -0.15) is 13.2 Å². The number of rotatable bonds is 2. The molecule has 128 valence electrons. The minimum absolute atomic E-state index is 0.189. The van der Waals surface area contributed by atoms with Gasteiger partial charge in [-0.05, 0) is 12.1 Å². The monoisotopic (exact) mass is 401 g/mol. The SMILES string of the molecule is COC(=O)c1nc(-c2ccc(C(F)(F)F)cc2Cl)c(F)c(Cl)c1Cl. The fourth-order valence-electron chi connectivity index (χ4n) is 1.81. The van der Waals surface area contributed by atoms with Crippen molar-refractivity contribution in [1.29, 1.82) is 0 Å². The van der Waals surface area contributed by atoms with Crippen LogP contribution in [0.4, 0.5) is 17.6 Å². The Balaban J connectivity index is 2.69. The van der Waals surface area contributed by atoms with E-state index in [4.69, 9.17) is 34.8 Å². The zero-order valence-corrected chi connectivity index (χ0v) is 13.9. The summed E-state index contributed by atoms with van der Waals surface area (Å²) in [6, 6.07) is 2.23. The van der Waals surface area contributed by atoms with E-state index in [0.29, 0.717) is 12.1 Å². The number of hydrogen-bond acceptors (Lipinski definition) is 3. The van der Waals surface area contributed by atoms with E-state index in [0.717, 1.165) is 13.2 Å². The largest absolute Gasteiger partial charge is 0.464 e. The molecule has 0 atom stereocenters. The third kappa shape index (κ3) is 3.43. The number of nitrogens with zero attached hydrogens (tertiary/aromatic N) is 1. The zero-order chi connectivity index (χ0) is 18.2. The molecule has 1 aromatic carbocycles. The van der Waals surface area contributed by atoms with Gasteiger partial charge in [0.25, 0.3) is 0 Å². The Morgan fingerprint density at radius 2 is 1.79 bits per heavy atom. The van der Waals surface area contributed by atoms with Crippen molar-refractivity contribution in [1.82, 2.24) is 4.98 Å². The highest BCUT2D eigenvalue weighted by Crippen LogP contribution is 2.39. The van der Waals surface area contributed by atoms with Gasteiger partial charge in [-0.15, -0.1) is 0 Å². The van der Waals surface area contributed by atoms with Gasteiger partial charge in [0.05, 0.1) is 27.7 Å². The second-order valence-electron chi connectivity index (χ2n) is 4.43. The molecule has 2 aromatic rings. The van der Waals surface area contributed by atoms with Gasteiger partial charge in [-0.1, -0.05) is 40.9 Å². The van der Waals surface area contributed by atoms with Crippen molar-refractivity contribution in [3.05, 3.63) is 50.3 Å². The molecule has 0 unspecified atom stereocenters. The first-order valence-corrected chi connectivity index (χ1v) is 7.21. The van der Waals surface area contributed by atoms with Crippen LogP contribution in [0.15, 0.2) is 18.2 Å². The first-order chi connectivity index (χ1) is 11.1. The van der Waals surface area contributed by atoms with Gasteiger partial charge < -0.3 is 4.74 Å². The van der Waals surface area contributed by atoms with Gasteiger partial charge in [-0.3, -0.25) is 0 Å². The first-order valence-electron chi connectivity index (χ1n) is 6.07. The van der Waals surface area contributed by atoms with Crippen molar-refractivity contribution in [2.75, 3.05) is 7.11 Å². The van der Waals surface area contributed by atoms with Crippen LogP contribution in [0.5, 0.6) is 0 Å². The molecule has 1 aromatic heterocycles. The molecule has 0 spiro atoms. The standard InChI is InChI=1S/C14H6Cl3F4NO2/c1-24-13(23)12-9(17)8(16)10(18)11(22-12)6-3-2-5(4-7(6)15)14(19,20)21/h2-4H,1H3. The number of alkyl halides is 3. The second-order valence-corrected chi connectivity index (χ2v) is 5.60. The van der Waals surface area contributed by atoms with Crippen molar-refractivity contribution in [3.63, 3.8) is 0 Å². The number of halogens is 7. The molecule has 10 heteroatoms. The lowest BCUT2D eigenvalue weighted by molar-refractivity contribution is -0.137. The average molecular weight is 403 g/mol. The number of carbonyl (C=O) groups excluding carboxylic acids is 1. The number of ether oxygens (including phenoxy) is 1. The van der Waals surface area contributed by atoms with Crippen LogP contribution in [0.25, 0.3) is 11.3 Å². The Hall–Kier alpha value is -1.57. The molecule has 0 fully saturated rings. The van der Waals surface area contributed by atoms with Crippen molar-refractivity contribution >= 4 is 40.8 Å². The highest BCUT2D eigenvalue weighted by atomic mass is 35.5. The minimum Gasteiger partial charge on any atom is -0.464 e. The highest BCUT2D eigenvalue weighted by Gasteiger charge is 2.32. The van der Waals surface area contributed by atoms with Crippen LogP contribution >= 0.6 is 34.8 Å². The molecule has 0 saturated heterocycles.